The number of nitrogens with zero attached hydrogens (tertiary/aromatic N) is 2. The highest BCUT2D eigenvalue weighted by Gasteiger charge is 2.22. The topological polar surface area (TPSA) is 86.2 Å². The maximum Gasteiger partial charge on any atom is 0.318 e. The van der Waals surface area contributed by atoms with Crippen molar-refractivity contribution >= 4 is 39.7 Å². The summed E-state index contributed by atoms with van der Waals surface area (Å²) in [5.41, 5.74) is 2.15. The summed E-state index contributed by atoms with van der Waals surface area (Å²) in [6, 6.07) is 14.8. The molecule has 0 saturated heterocycles. The van der Waals surface area contributed by atoms with Crippen molar-refractivity contribution in [3.05, 3.63) is 58.9 Å². The van der Waals surface area contributed by atoms with Crippen LogP contribution in [-0.4, -0.2) is 40.0 Å². The summed E-state index contributed by atoms with van der Waals surface area (Å²) in [6.45, 7) is 1.72. The quantitative estimate of drug-likeness (QED) is 0.308. The van der Waals surface area contributed by atoms with Crippen LogP contribution in [0, 0.1) is 0 Å². The minimum absolute atomic E-state index is 0.251. The van der Waals surface area contributed by atoms with Crippen LogP contribution in [0.5, 0.6) is 5.75 Å². The Labute approximate surface area is 170 Å². The van der Waals surface area contributed by atoms with Crippen LogP contribution in [0.2, 0.25) is 0 Å². The van der Waals surface area contributed by atoms with Gasteiger partial charge in [0, 0.05) is 17.0 Å². The van der Waals surface area contributed by atoms with E-state index in [2.05, 4.69) is 4.98 Å². The first kappa shape index (κ1) is 19.1. The molecule has 4 rings (SSSR count). The molecule has 0 amide bonds. The maximum absolute atomic E-state index is 13.5. The van der Waals surface area contributed by atoms with Gasteiger partial charge in [-0.25, -0.2) is 4.98 Å². The first-order chi connectivity index (χ1) is 14.0. The molecule has 0 aliphatic rings. The molecular weight excluding hydrogens is 390 g/mol. The lowest BCUT2D eigenvalue weighted by Gasteiger charge is -2.15. The molecule has 2 heterocycles. The van der Waals surface area contributed by atoms with Crippen LogP contribution in [0.25, 0.3) is 27.6 Å². The number of hydrogen-bond donors (Lipinski definition) is 1. The molecule has 8 heteroatoms. The van der Waals surface area contributed by atoms with Crippen molar-refractivity contribution in [1.29, 1.82) is 0 Å². The summed E-state index contributed by atoms with van der Waals surface area (Å²) in [7, 11) is 2.90. The fraction of sp³-hybridized carbons (Fsp3) is 0.190. The second-order valence-corrected chi connectivity index (χ2v) is 7.72. The molecule has 0 saturated carbocycles. The zero-order valence-electron chi connectivity index (χ0n) is 16.1. The molecule has 0 aliphatic carbocycles. The van der Waals surface area contributed by atoms with Gasteiger partial charge in [0.1, 0.15) is 22.0 Å². The van der Waals surface area contributed by atoms with Crippen LogP contribution in [0.3, 0.4) is 0 Å². The Morgan fingerprint density at radius 3 is 2.72 bits per heavy atom. The second kappa shape index (κ2) is 7.63. The number of esters is 1. The monoisotopic (exact) mass is 409 g/mol. The van der Waals surface area contributed by atoms with Crippen molar-refractivity contribution < 1.29 is 14.3 Å². The average molecular weight is 409 g/mol. The molecular formula is C21H19N3O4S. The van der Waals surface area contributed by atoms with Gasteiger partial charge >= 0.3 is 5.97 Å². The predicted octanol–water partition coefficient (Wildman–Crippen LogP) is 3.53. The average Bonchev–Trinajstić information content (AvgIpc) is 3.12. The lowest BCUT2D eigenvalue weighted by atomic mass is 10.2. The van der Waals surface area contributed by atoms with Crippen molar-refractivity contribution in [3.63, 3.8) is 0 Å². The molecule has 7 nitrogen and oxygen atoms in total. The highest BCUT2D eigenvalue weighted by molar-refractivity contribution is 8.00. The molecule has 0 spiro atoms. The third-order valence-corrected chi connectivity index (χ3v) is 5.65. The summed E-state index contributed by atoms with van der Waals surface area (Å²) in [5.74, 6) is 0.226. The number of hydrogen-bond acceptors (Lipinski definition) is 6. The number of carbonyl (C=O) groups is 1. The van der Waals surface area contributed by atoms with Gasteiger partial charge in [-0.1, -0.05) is 36.0 Å². The zero-order chi connectivity index (χ0) is 20.5. The van der Waals surface area contributed by atoms with E-state index in [4.69, 9.17) is 14.5 Å². The largest absolute Gasteiger partial charge is 0.497 e. The minimum atomic E-state index is -0.536. The number of H-pyrrole nitrogens is 1. The van der Waals surface area contributed by atoms with E-state index in [9.17, 15) is 9.59 Å². The molecule has 29 heavy (non-hydrogen) atoms. The lowest BCUT2D eigenvalue weighted by molar-refractivity contribution is -0.139. The molecule has 0 fully saturated rings. The number of methoxy groups -OCH3 is 2. The van der Waals surface area contributed by atoms with Gasteiger partial charge in [-0.2, -0.15) is 0 Å². The Kier molecular flexibility index (Phi) is 5.02. The van der Waals surface area contributed by atoms with Gasteiger partial charge < -0.3 is 14.5 Å². The number of benzene rings is 2. The Bertz CT molecular complexity index is 1280. The van der Waals surface area contributed by atoms with Crippen LogP contribution in [0.15, 0.2) is 58.5 Å². The van der Waals surface area contributed by atoms with Crippen LogP contribution >= 0.6 is 11.8 Å². The zero-order valence-corrected chi connectivity index (χ0v) is 16.9. The molecule has 1 atom stereocenters. The SMILES string of the molecule is COC(=O)[C@@H](C)Sc1nc2c([nH]c3ccccc32)c(=O)n1-c1cccc(OC)c1. The number of aromatic amines is 1. The standard InChI is InChI=1S/C21H19N3O4S/c1-12(20(26)28-3)29-21-23-17-15-9-4-5-10-16(15)22-18(17)19(25)24(21)13-7-6-8-14(11-13)27-2/h4-12,22H,1-3H3/t12-/m1/s1. The van der Waals surface area contributed by atoms with Gasteiger partial charge in [-0.15, -0.1) is 0 Å². The Morgan fingerprint density at radius 1 is 1.17 bits per heavy atom. The Balaban J connectivity index is 2.01. The van der Waals surface area contributed by atoms with Gasteiger partial charge in [0.25, 0.3) is 5.56 Å². The van der Waals surface area contributed by atoms with Gasteiger partial charge in [0.05, 0.1) is 19.9 Å². The molecule has 2 aromatic heterocycles. The predicted molar refractivity (Wildman–Crippen MR) is 113 cm³/mol. The minimum Gasteiger partial charge on any atom is -0.497 e. The Hall–Kier alpha value is -3.26. The molecule has 0 radical (unpaired) electrons. The van der Waals surface area contributed by atoms with Gasteiger partial charge in [-0.05, 0) is 25.1 Å². The molecule has 148 valence electrons. The summed E-state index contributed by atoms with van der Waals surface area (Å²) in [6.07, 6.45) is 0. The van der Waals surface area contributed by atoms with Crippen molar-refractivity contribution in [2.75, 3.05) is 14.2 Å². The number of ether oxygens (including phenoxy) is 2. The number of carbonyl (C=O) groups excluding carboxylic acids is 1. The maximum atomic E-state index is 13.5. The van der Waals surface area contributed by atoms with Crippen molar-refractivity contribution in [2.24, 2.45) is 0 Å². The molecule has 2 aromatic carbocycles. The first-order valence-corrected chi connectivity index (χ1v) is 9.84. The number of thioether (sulfide) groups is 1. The van der Waals surface area contributed by atoms with Crippen LogP contribution in [-0.2, 0) is 9.53 Å². The van der Waals surface area contributed by atoms with E-state index in [1.54, 1.807) is 38.3 Å². The van der Waals surface area contributed by atoms with Crippen molar-refractivity contribution in [3.8, 4) is 11.4 Å². The molecule has 0 unspecified atom stereocenters. The van der Waals surface area contributed by atoms with Crippen LogP contribution in [0.1, 0.15) is 6.92 Å². The van der Waals surface area contributed by atoms with E-state index in [-0.39, 0.29) is 11.5 Å². The second-order valence-electron chi connectivity index (χ2n) is 6.41. The number of para-hydroxylation sites is 1. The smallest absolute Gasteiger partial charge is 0.318 e. The number of aromatic nitrogens is 3. The van der Waals surface area contributed by atoms with Crippen molar-refractivity contribution in [1.82, 2.24) is 14.5 Å². The lowest BCUT2D eigenvalue weighted by Crippen LogP contribution is -2.24. The van der Waals surface area contributed by atoms with E-state index in [0.29, 0.717) is 27.6 Å². The summed E-state index contributed by atoms with van der Waals surface area (Å²) < 4.78 is 11.6. The summed E-state index contributed by atoms with van der Waals surface area (Å²) in [4.78, 5) is 33.4. The van der Waals surface area contributed by atoms with Crippen LogP contribution < -0.4 is 10.3 Å². The molecule has 0 aliphatic heterocycles. The third-order valence-electron chi connectivity index (χ3n) is 4.62. The van der Waals surface area contributed by atoms with Gasteiger partial charge in [-0.3, -0.25) is 14.2 Å². The summed E-state index contributed by atoms with van der Waals surface area (Å²) in [5, 5.41) is 0.717. The highest BCUT2D eigenvalue weighted by Crippen LogP contribution is 2.29. The number of rotatable bonds is 5. The molecule has 4 aromatic rings. The van der Waals surface area contributed by atoms with E-state index in [1.807, 2.05) is 24.3 Å². The number of nitrogens with one attached hydrogen (secondary N) is 1. The van der Waals surface area contributed by atoms with Crippen molar-refractivity contribution in [2.45, 2.75) is 17.3 Å². The summed E-state index contributed by atoms with van der Waals surface area (Å²) >= 11 is 1.17. The first-order valence-electron chi connectivity index (χ1n) is 8.96. The molecule has 0 bridgehead atoms. The highest BCUT2D eigenvalue weighted by atomic mass is 32.2. The van der Waals surface area contributed by atoms with Gasteiger partial charge in [0.2, 0.25) is 0 Å². The van der Waals surface area contributed by atoms with Crippen LogP contribution in [0.4, 0.5) is 0 Å². The van der Waals surface area contributed by atoms with E-state index >= 15 is 0 Å². The van der Waals surface area contributed by atoms with E-state index in [0.717, 1.165) is 10.9 Å². The normalized spacial score (nSPS) is 12.2. The number of fused-ring (bicyclic) bond motifs is 3. The fourth-order valence-electron chi connectivity index (χ4n) is 3.17. The molecule has 1 N–H and O–H groups in total. The van der Waals surface area contributed by atoms with E-state index < -0.39 is 5.25 Å². The Morgan fingerprint density at radius 2 is 1.97 bits per heavy atom. The van der Waals surface area contributed by atoms with Gasteiger partial charge in [0.15, 0.2) is 5.16 Å². The fourth-order valence-corrected chi connectivity index (χ4v) is 4.12. The third kappa shape index (κ3) is 3.36. The van der Waals surface area contributed by atoms with E-state index in [1.165, 1.54) is 23.4 Å².